The quantitative estimate of drug-likeness (QED) is 0.671. The Morgan fingerprint density at radius 1 is 1.05 bits per heavy atom. The Kier molecular flexibility index (Phi) is 5.10. The van der Waals surface area contributed by atoms with Crippen LogP contribution < -0.4 is 0 Å². The summed E-state index contributed by atoms with van der Waals surface area (Å²) in [4.78, 5) is 4.53. The second-order valence-electron chi connectivity index (χ2n) is 4.18. The average molecular weight is 314 g/mol. The highest BCUT2D eigenvalue weighted by atomic mass is 79.9. The van der Waals surface area contributed by atoms with Gasteiger partial charge in [0.05, 0.1) is 5.69 Å². The molecule has 2 aromatic carbocycles. The summed E-state index contributed by atoms with van der Waals surface area (Å²) in [5.41, 5.74) is 3.45. The summed E-state index contributed by atoms with van der Waals surface area (Å²) >= 11 is 3.53. The smallest absolute Gasteiger partial charge is 0.0661 e. The summed E-state index contributed by atoms with van der Waals surface area (Å²) in [6.07, 6.45) is 4.90. The van der Waals surface area contributed by atoms with Gasteiger partial charge in [-0.15, -0.1) is 0 Å². The van der Waals surface area contributed by atoms with Gasteiger partial charge in [0.2, 0.25) is 0 Å². The van der Waals surface area contributed by atoms with Crippen LogP contribution in [0.3, 0.4) is 0 Å². The molecule has 2 rings (SSSR count). The maximum atomic E-state index is 4.53. The highest BCUT2D eigenvalue weighted by molar-refractivity contribution is 9.12. The normalized spacial score (nSPS) is 12.0. The molecule has 0 aliphatic carbocycles. The zero-order valence-electron chi connectivity index (χ0n) is 10.9. The van der Waals surface area contributed by atoms with Gasteiger partial charge >= 0.3 is 0 Å². The molecule has 0 saturated carbocycles. The van der Waals surface area contributed by atoms with E-state index >= 15 is 0 Å². The number of halogens is 1. The molecule has 2 aromatic rings. The molecule has 0 bridgehead atoms. The fraction of sp³-hybridized carbons (Fsp3) is 0.118. The van der Waals surface area contributed by atoms with E-state index in [1.807, 2.05) is 42.6 Å². The van der Waals surface area contributed by atoms with Crippen molar-refractivity contribution in [3.63, 3.8) is 0 Å². The van der Waals surface area contributed by atoms with Gasteiger partial charge in [0.1, 0.15) is 0 Å². The Hall–Kier alpha value is -1.67. The van der Waals surface area contributed by atoms with Gasteiger partial charge in [0.15, 0.2) is 0 Å². The molecule has 0 aliphatic heterocycles. The molecular weight excluding hydrogens is 298 g/mol. The number of hydrogen-bond acceptors (Lipinski definition) is 1. The molecule has 0 spiro atoms. The lowest BCUT2D eigenvalue weighted by Crippen LogP contribution is -1.81. The summed E-state index contributed by atoms with van der Waals surface area (Å²) in [6.45, 7) is 2.14. The second kappa shape index (κ2) is 7.05. The van der Waals surface area contributed by atoms with Gasteiger partial charge in [-0.1, -0.05) is 55.5 Å². The van der Waals surface area contributed by atoms with E-state index in [9.17, 15) is 0 Å². The minimum absolute atomic E-state index is 0.963. The van der Waals surface area contributed by atoms with Crippen molar-refractivity contribution >= 4 is 33.9 Å². The first-order chi connectivity index (χ1) is 9.29. The van der Waals surface area contributed by atoms with Gasteiger partial charge in [0, 0.05) is 10.7 Å². The predicted molar refractivity (Wildman–Crippen MR) is 87.3 cm³/mol. The number of hydrogen-bond donors (Lipinski definition) is 0. The fourth-order valence-corrected chi connectivity index (χ4v) is 2.18. The van der Waals surface area contributed by atoms with Gasteiger partial charge in [-0.25, -0.2) is 0 Å². The molecule has 0 radical (unpaired) electrons. The summed E-state index contributed by atoms with van der Waals surface area (Å²) in [5, 5.41) is 0. The molecule has 96 valence electrons. The van der Waals surface area contributed by atoms with E-state index in [1.54, 1.807) is 0 Å². The highest BCUT2D eigenvalue weighted by Crippen LogP contribution is 2.20. The summed E-state index contributed by atoms with van der Waals surface area (Å²) in [7, 11) is 0. The number of allylic oxidation sites excluding steroid dienone is 1. The predicted octanol–water partition coefficient (Wildman–Crippen LogP) is 5.39. The Labute approximate surface area is 122 Å². The number of para-hydroxylation sites is 1. The first-order valence-corrected chi connectivity index (χ1v) is 7.13. The van der Waals surface area contributed by atoms with Crippen LogP contribution in [0.25, 0.3) is 6.08 Å². The lowest BCUT2D eigenvalue weighted by atomic mass is 10.1. The second-order valence-corrected chi connectivity index (χ2v) is 5.10. The van der Waals surface area contributed by atoms with Crippen molar-refractivity contribution in [3.05, 3.63) is 70.2 Å². The molecule has 2 heteroatoms. The maximum Gasteiger partial charge on any atom is 0.0661 e. The van der Waals surface area contributed by atoms with E-state index < -0.39 is 0 Å². The summed E-state index contributed by atoms with van der Waals surface area (Å²) < 4.78 is 0.963. The molecule has 0 unspecified atom stereocenters. The lowest BCUT2D eigenvalue weighted by molar-refractivity contribution is 1.13. The van der Waals surface area contributed by atoms with Crippen LogP contribution in [-0.2, 0) is 6.42 Å². The number of nitrogens with zero attached hydrogens (tertiary/aromatic N) is 1. The Morgan fingerprint density at radius 3 is 2.47 bits per heavy atom. The van der Waals surface area contributed by atoms with Crippen LogP contribution >= 0.6 is 15.9 Å². The first kappa shape index (κ1) is 13.8. The number of benzene rings is 2. The maximum absolute atomic E-state index is 4.53. The molecule has 19 heavy (non-hydrogen) atoms. The fourth-order valence-electron chi connectivity index (χ4n) is 1.81. The van der Waals surface area contributed by atoms with Crippen LogP contribution in [0.1, 0.15) is 18.1 Å². The van der Waals surface area contributed by atoms with Crippen molar-refractivity contribution < 1.29 is 0 Å². The molecule has 0 saturated heterocycles. The largest absolute Gasteiger partial charge is 0.255 e. The van der Waals surface area contributed by atoms with Crippen molar-refractivity contribution in [1.82, 2.24) is 0 Å². The topological polar surface area (TPSA) is 12.4 Å². The minimum Gasteiger partial charge on any atom is -0.255 e. The van der Waals surface area contributed by atoms with Crippen LogP contribution in [0.15, 0.2) is 64.1 Å². The third kappa shape index (κ3) is 4.18. The number of aryl methyl sites for hydroxylation is 1. The van der Waals surface area contributed by atoms with Crippen molar-refractivity contribution in [2.75, 3.05) is 0 Å². The van der Waals surface area contributed by atoms with Gasteiger partial charge < -0.3 is 0 Å². The molecule has 1 nitrogen and oxygen atoms in total. The van der Waals surface area contributed by atoms with E-state index in [-0.39, 0.29) is 0 Å². The molecule has 0 atom stereocenters. The number of rotatable bonds is 4. The lowest BCUT2D eigenvalue weighted by Gasteiger charge is -2.01. The van der Waals surface area contributed by atoms with E-state index in [0.717, 1.165) is 22.2 Å². The highest BCUT2D eigenvalue weighted by Gasteiger charge is 1.96. The van der Waals surface area contributed by atoms with Gasteiger partial charge in [0.25, 0.3) is 0 Å². The van der Waals surface area contributed by atoms with Crippen LogP contribution in [-0.4, -0.2) is 6.21 Å². The summed E-state index contributed by atoms with van der Waals surface area (Å²) in [5.74, 6) is 0. The third-order valence-electron chi connectivity index (χ3n) is 2.80. The first-order valence-electron chi connectivity index (χ1n) is 6.34. The molecule has 0 heterocycles. The van der Waals surface area contributed by atoms with Crippen molar-refractivity contribution in [3.8, 4) is 0 Å². The van der Waals surface area contributed by atoms with Crippen LogP contribution in [0, 0.1) is 0 Å². The summed E-state index contributed by atoms with van der Waals surface area (Å²) in [6, 6.07) is 18.4. The molecule has 0 fully saturated rings. The number of aliphatic imine (C=N–C) groups is 1. The Balaban J connectivity index is 2.16. The SMILES string of the molecule is CCc1ccccc1N=C/C(Br)=C\c1ccccc1. The van der Waals surface area contributed by atoms with Crippen molar-refractivity contribution in [1.29, 1.82) is 0 Å². The Bertz CT molecular complexity index is 585. The molecule has 0 N–H and O–H groups in total. The average Bonchev–Trinajstić information content (AvgIpc) is 2.46. The van der Waals surface area contributed by atoms with Crippen LogP contribution in [0.4, 0.5) is 5.69 Å². The molecule has 0 aliphatic rings. The Morgan fingerprint density at radius 2 is 1.74 bits per heavy atom. The zero-order valence-corrected chi connectivity index (χ0v) is 12.5. The van der Waals surface area contributed by atoms with Crippen LogP contribution in [0.5, 0.6) is 0 Å². The van der Waals surface area contributed by atoms with E-state index in [1.165, 1.54) is 5.56 Å². The van der Waals surface area contributed by atoms with Crippen molar-refractivity contribution in [2.45, 2.75) is 13.3 Å². The van der Waals surface area contributed by atoms with Crippen molar-refractivity contribution in [2.24, 2.45) is 4.99 Å². The van der Waals surface area contributed by atoms with Gasteiger partial charge in [-0.2, -0.15) is 0 Å². The standard InChI is InChI=1S/C17H16BrN/c1-2-15-10-6-7-11-17(15)19-13-16(18)12-14-8-4-3-5-9-14/h3-13H,2H2,1H3/b16-12+,19-13?. The van der Waals surface area contributed by atoms with Gasteiger partial charge in [-0.05, 0) is 45.6 Å². The third-order valence-corrected chi connectivity index (χ3v) is 3.24. The molecule has 0 aromatic heterocycles. The zero-order chi connectivity index (χ0) is 13.5. The van der Waals surface area contributed by atoms with E-state index in [0.29, 0.717) is 0 Å². The minimum atomic E-state index is 0.963. The van der Waals surface area contributed by atoms with Gasteiger partial charge in [-0.3, -0.25) is 4.99 Å². The van der Waals surface area contributed by atoms with E-state index in [4.69, 9.17) is 0 Å². The van der Waals surface area contributed by atoms with E-state index in [2.05, 4.69) is 52.1 Å². The monoisotopic (exact) mass is 313 g/mol. The van der Waals surface area contributed by atoms with Crippen LogP contribution in [0.2, 0.25) is 0 Å². The molecule has 0 amide bonds. The molecular formula is C17H16BrN.